The summed E-state index contributed by atoms with van der Waals surface area (Å²) in [5.74, 6) is 0.0817. The Hall–Kier alpha value is -1.48. The second-order valence-electron chi connectivity index (χ2n) is 7.25. The number of Topliss-reactive ketones (excluding diaryl/α,β-unsaturated/α-hetero) is 2. The largest absolute Gasteiger partial charge is 0.300 e. The van der Waals surface area contributed by atoms with Gasteiger partial charge in [-0.3, -0.25) is 14.5 Å². The van der Waals surface area contributed by atoms with Crippen LogP contribution in [0.2, 0.25) is 0 Å². The Morgan fingerprint density at radius 3 is 1.95 bits per heavy atom. The maximum atomic E-state index is 11.8. The zero-order valence-electron chi connectivity index (χ0n) is 14.9. The summed E-state index contributed by atoms with van der Waals surface area (Å²) in [6, 6.07) is 8.26. The standard InChI is InChI=1S/C19H29NO2/c1-13(21)12-18(15(3)22)20(7)14(2)16-8-10-17(11-9-16)19(4,5)6/h8-11,14,18H,12H2,1-7H3/t14-,18+/m1/s1. The highest BCUT2D eigenvalue weighted by atomic mass is 16.1. The summed E-state index contributed by atoms with van der Waals surface area (Å²) in [7, 11) is 1.91. The number of nitrogens with zero attached hydrogens (tertiary/aromatic N) is 1. The molecule has 1 rings (SSSR count). The first-order valence-corrected chi connectivity index (χ1v) is 7.86. The minimum absolute atomic E-state index is 0.0378. The Labute approximate surface area is 134 Å². The predicted octanol–water partition coefficient (Wildman–Crippen LogP) is 3.91. The molecule has 3 nitrogen and oxygen atoms in total. The van der Waals surface area contributed by atoms with Gasteiger partial charge in [0.15, 0.2) is 0 Å². The number of ketones is 2. The molecule has 0 saturated heterocycles. The van der Waals surface area contributed by atoms with E-state index in [2.05, 4.69) is 52.0 Å². The maximum Gasteiger partial charge on any atom is 0.147 e. The lowest BCUT2D eigenvalue weighted by Crippen LogP contribution is -2.40. The van der Waals surface area contributed by atoms with Gasteiger partial charge >= 0.3 is 0 Å². The van der Waals surface area contributed by atoms with Crippen molar-refractivity contribution in [1.82, 2.24) is 4.90 Å². The lowest BCUT2D eigenvalue weighted by atomic mass is 9.86. The van der Waals surface area contributed by atoms with Gasteiger partial charge in [-0.1, -0.05) is 45.0 Å². The number of carbonyl (C=O) groups excluding carboxylic acids is 2. The van der Waals surface area contributed by atoms with Crippen molar-refractivity contribution < 1.29 is 9.59 Å². The Kier molecular flexibility index (Phi) is 6.07. The van der Waals surface area contributed by atoms with Gasteiger partial charge in [0, 0.05) is 12.5 Å². The number of rotatable bonds is 6. The van der Waals surface area contributed by atoms with Crippen molar-refractivity contribution in [2.45, 2.75) is 65.5 Å². The van der Waals surface area contributed by atoms with E-state index in [-0.39, 0.29) is 35.5 Å². The number of carbonyl (C=O) groups is 2. The molecule has 0 aromatic heterocycles. The molecule has 1 aromatic carbocycles. The fraction of sp³-hybridized carbons (Fsp3) is 0.579. The first-order valence-electron chi connectivity index (χ1n) is 7.86. The summed E-state index contributed by atoms with van der Waals surface area (Å²) in [5, 5.41) is 0. The molecule has 0 aliphatic carbocycles. The van der Waals surface area contributed by atoms with Crippen LogP contribution in [0.5, 0.6) is 0 Å². The molecule has 0 aliphatic heterocycles. The monoisotopic (exact) mass is 303 g/mol. The van der Waals surface area contributed by atoms with Gasteiger partial charge < -0.3 is 0 Å². The molecular weight excluding hydrogens is 274 g/mol. The molecule has 122 valence electrons. The van der Waals surface area contributed by atoms with Crippen LogP contribution in [-0.2, 0) is 15.0 Å². The van der Waals surface area contributed by atoms with Gasteiger partial charge in [-0.25, -0.2) is 0 Å². The van der Waals surface area contributed by atoms with E-state index in [1.807, 2.05) is 11.9 Å². The average molecular weight is 303 g/mol. The van der Waals surface area contributed by atoms with Crippen LogP contribution in [-0.4, -0.2) is 29.6 Å². The van der Waals surface area contributed by atoms with Gasteiger partial charge in [0.2, 0.25) is 0 Å². The van der Waals surface area contributed by atoms with E-state index in [1.165, 1.54) is 12.5 Å². The molecule has 0 fully saturated rings. The molecule has 0 radical (unpaired) electrons. The van der Waals surface area contributed by atoms with Crippen LogP contribution in [0.15, 0.2) is 24.3 Å². The van der Waals surface area contributed by atoms with Gasteiger partial charge in [0.25, 0.3) is 0 Å². The van der Waals surface area contributed by atoms with Crippen LogP contribution < -0.4 is 0 Å². The highest BCUT2D eigenvalue weighted by molar-refractivity contribution is 5.88. The van der Waals surface area contributed by atoms with Crippen molar-refractivity contribution in [2.24, 2.45) is 0 Å². The van der Waals surface area contributed by atoms with Crippen molar-refractivity contribution in [3.8, 4) is 0 Å². The number of hydrogen-bond acceptors (Lipinski definition) is 3. The van der Waals surface area contributed by atoms with Crippen LogP contribution in [0.25, 0.3) is 0 Å². The Balaban J connectivity index is 2.95. The number of hydrogen-bond donors (Lipinski definition) is 0. The van der Waals surface area contributed by atoms with E-state index in [4.69, 9.17) is 0 Å². The molecule has 3 heteroatoms. The van der Waals surface area contributed by atoms with E-state index >= 15 is 0 Å². The Morgan fingerprint density at radius 1 is 1.09 bits per heavy atom. The van der Waals surface area contributed by atoms with Crippen molar-refractivity contribution in [2.75, 3.05) is 7.05 Å². The number of benzene rings is 1. The van der Waals surface area contributed by atoms with Gasteiger partial charge in [-0.15, -0.1) is 0 Å². The smallest absolute Gasteiger partial charge is 0.147 e. The normalized spacial score (nSPS) is 14.7. The van der Waals surface area contributed by atoms with Crippen LogP contribution in [0.3, 0.4) is 0 Å². The third kappa shape index (κ3) is 4.77. The molecular formula is C19H29NO2. The molecule has 0 N–H and O–H groups in total. The van der Waals surface area contributed by atoms with E-state index in [1.54, 1.807) is 6.92 Å². The quantitative estimate of drug-likeness (QED) is 0.799. The topological polar surface area (TPSA) is 37.4 Å². The molecule has 0 bridgehead atoms. The van der Waals surface area contributed by atoms with Crippen molar-refractivity contribution in [1.29, 1.82) is 0 Å². The first kappa shape index (κ1) is 18.6. The van der Waals surface area contributed by atoms with Crippen molar-refractivity contribution in [3.05, 3.63) is 35.4 Å². The fourth-order valence-electron chi connectivity index (χ4n) is 2.61. The molecule has 22 heavy (non-hydrogen) atoms. The summed E-state index contributed by atoms with van der Waals surface area (Å²) < 4.78 is 0. The average Bonchev–Trinajstić information content (AvgIpc) is 2.42. The maximum absolute atomic E-state index is 11.8. The second kappa shape index (κ2) is 7.19. The molecule has 0 amide bonds. The minimum Gasteiger partial charge on any atom is -0.300 e. The predicted molar refractivity (Wildman–Crippen MR) is 91.1 cm³/mol. The zero-order valence-corrected chi connectivity index (χ0v) is 14.9. The Bertz CT molecular complexity index is 525. The van der Waals surface area contributed by atoms with Gasteiger partial charge in [0.1, 0.15) is 11.6 Å². The van der Waals surface area contributed by atoms with E-state index in [0.29, 0.717) is 0 Å². The van der Waals surface area contributed by atoms with E-state index in [0.717, 1.165) is 5.56 Å². The third-order valence-corrected chi connectivity index (χ3v) is 4.31. The first-order chi connectivity index (χ1) is 10.0. The third-order valence-electron chi connectivity index (χ3n) is 4.31. The molecule has 0 spiro atoms. The van der Waals surface area contributed by atoms with Crippen LogP contribution >= 0.6 is 0 Å². The summed E-state index contributed by atoms with van der Waals surface area (Å²) in [6.07, 6.45) is 0.274. The molecule has 2 atom stereocenters. The molecule has 1 aromatic rings. The number of likely N-dealkylation sites (N-methyl/N-ethyl adjacent to an activating group) is 1. The lowest BCUT2D eigenvalue weighted by Gasteiger charge is -2.32. The second-order valence-corrected chi connectivity index (χ2v) is 7.25. The van der Waals surface area contributed by atoms with Gasteiger partial charge in [-0.2, -0.15) is 0 Å². The lowest BCUT2D eigenvalue weighted by molar-refractivity contribution is -0.127. The minimum atomic E-state index is -0.352. The van der Waals surface area contributed by atoms with Crippen molar-refractivity contribution >= 4 is 11.6 Å². The van der Waals surface area contributed by atoms with Crippen LogP contribution in [0.1, 0.15) is 65.1 Å². The highest BCUT2D eigenvalue weighted by Gasteiger charge is 2.26. The summed E-state index contributed by atoms with van der Waals surface area (Å²) >= 11 is 0. The molecule has 0 saturated carbocycles. The fourth-order valence-corrected chi connectivity index (χ4v) is 2.61. The van der Waals surface area contributed by atoms with Crippen LogP contribution in [0, 0.1) is 0 Å². The summed E-state index contributed by atoms with van der Waals surface area (Å²) in [4.78, 5) is 25.2. The van der Waals surface area contributed by atoms with Gasteiger partial charge in [-0.05, 0) is 44.4 Å². The van der Waals surface area contributed by atoms with E-state index in [9.17, 15) is 9.59 Å². The van der Waals surface area contributed by atoms with Gasteiger partial charge in [0.05, 0.1) is 6.04 Å². The SMILES string of the molecule is CC(=O)C[C@@H](C(C)=O)N(C)[C@H](C)c1ccc(C(C)(C)C)cc1. The molecule has 0 heterocycles. The summed E-state index contributed by atoms with van der Waals surface area (Å²) in [6.45, 7) is 11.7. The zero-order chi connectivity index (χ0) is 17.1. The molecule has 0 unspecified atom stereocenters. The van der Waals surface area contributed by atoms with E-state index < -0.39 is 0 Å². The summed E-state index contributed by atoms with van der Waals surface area (Å²) in [5.41, 5.74) is 2.58. The highest BCUT2D eigenvalue weighted by Crippen LogP contribution is 2.27. The molecule has 0 aliphatic rings. The Morgan fingerprint density at radius 2 is 1.59 bits per heavy atom. The van der Waals surface area contributed by atoms with Crippen LogP contribution in [0.4, 0.5) is 0 Å². The van der Waals surface area contributed by atoms with Crippen molar-refractivity contribution in [3.63, 3.8) is 0 Å².